The number of benzene rings is 4. The van der Waals surface area contributed by atoms with Gasteiger partial charge in [-0.2, -0.15) is 0 Å². The average Bonchev–Trinajstić information content (AvgIpc) is 3.49. The minimum atomic E-state index is -3.62. The molecule has 0 unspecified atom stereocenters. The lowest BCUT2D eigenvalue weighted by Gasteiger charge is -2.16. The monoisotopic (exact) mass is 757 g/mol. The van der Waals surface area contributed by atoms with Crippen molar-refractivity contribution in [2.75, 3.05) is 23.5 Å². The normalized spacial score (nSPS) is 11.3. The molecule has 3 aromatic heterocycles. The Balaban J connectivity index is 1.23. The van der Waals surface area contributed by atoms with Crippen LogP contribution in [-0.2, 0) is 21.2 Å². The Morgan fingerprint density at radius 3 is 2.33 bits per heavy atom. The minimum Gasteiger partial charge on any atom is -0.497 e. The standard InChI is InChI=1S/C41H36FN7O5S/c1-26-19-21-43-41(47-26)54-32-17-18-35(34(42)23-32)49-38(27(2)37-39(49)40(46-25-45-37)44-24-28-9-15-31(53-3)16-10-28)29-11-13-30(14-12-29)48-36(50)20-22-55(51,52)33-7-5-4-6-8-33/h4-19,21,23,25H,20,22,24H2,1-3H3,(H,48,50)(H,44,45,46). The van der Waals surface area contributed by atoms with Crippen LogP contribution in [0.2, 0.25) is 0 Å². The van der Waals surface area contributed by atoms with Gasteiger partial charge in [0.05, 0.1) is 34.7 Å². The number of carbonyl (C=O) groups is 1. The summed E-state index contributed by atoms with van der Waals surface area (Å²) in [7, 11) is -2.01. The first-order valence-electron chi connectivity index (χ1n) is 17.3. The molecule has 0 saturated carbocycles. The Hall–Kier alpha value is -6.67. The molecule has 7 aromatic rings. The smallest absolute Gasteiger partial charge is 0.322 e. The molecule has 3 heterocycles. The number of rotatable bonds is 13. The van der Waals surface area contributed by atoms with Gasteiger partial charge in [-0.15, -0.1) is 0 Å². The van der Waals surface area contributed by atoms with Crippen LogP contribution in [0.25, 0.3) is 28.0 Å². The van der Waals surface area contributed by atoms with E-state index in [1.807, 2.05) is 38.1 Å². The summed E-state index contributed by atoms with van der Waals surface area (Å²) < 4.78 is 54.6. The molecule has 2 N–H and O–H groups in total. The highest BCUT2D eigenvalue weighted by Gasteiger charge is 2.24. The molecule has 4 aromatic carbocycles. The third kappa shape index (κ3) is 8.14. The van der Waals surface area contributed by atoms with Crippen LogP contribution in [0.15, 0.2) is 121 Å². The number of nitrogens with one attached hydrogen (secondary N) is 2. The number of fused-ring (bicyclic) bond motifs is 1. The Bertz CT molecular complexity index is 2600. The number of hydrogen-bond acceptors (Lipinski definition) is 10. The van der Waals surface area contributed by atoms with Crippen LogP contribution in [0.1, 0.15) is 23.2 Å². The van der Waals surface area contributed by atoms with Crippen molar-refractivity contribution in [2.45, 2.75) is 31.7 Å². The van der Waals surface area contributed by atoms with Crippen LogP contribution in [0, 0.1) is 19.7 Å². The molecular formula is C41H36FN7O5S. The van der Waals surface area contributed by atoms with E-state index in [1.165, 1.54) is 24.5 Å². The van der Waals surface area contributed by atoms with Crippen molar-refractivity contribution in [2.24, 2.45) is 0 Å². The third-order valence-corrected chi connectivity index (χ3v) is 10.6. The van der Waals surface area contributed by atoms with Crippen molar-refractivity contribution in [3.63, 3.8) is 0 Å². The Morgan fingerprint density at radius 1 is 0.873 bits per heavy atom. The zero-order valence-electron chi connectivity index (χ0n) is 30.2. The molecule has 0 aliphatic heterocycles. The van der Waals surface area contributed by atoms with E-state index >= 15 is 4.39 Å². The molecule has 0 radical (unpaired) electrons. The number of sulfone groups is 1. The molecule has 0 aliphatic rings. The Morgan fingerprint density at radius 2 is 1.62 bits per heavy atom. The highest BCUT2D eigenvalue weighted by Crippen LogP contribution is 2.39. The Labute approximate surface area is 317 Å². The van der Waals surface area contributed by atoms with Gasteiger partial charge in [-0.25, -0.2) is 32.7 Å². The van der Waals surface area contributed by atoms with E-state index in [-0.39, 0.29) is 34.5 Å². The van der Waals surface area contributed by atoms with Crippen molar-refractivity contribution < 1.29 is 27.1 Å². The predicted molar refractivity (Wildman–Crippen MR) is 208 cm³/mol. The molecule has 0 atom stereocenters. The van der Waals surface area contributed by atoms with Gasteiger partial charge in [0.25, 0.3) is 0 Å². The molecule has 55 heavy (non-hydrogen) atoms. The summed E-state index contributed by atoms with van der Waals surface area (Å²) in [4.78, 5) is 30.6. The number of amides is 1. The molecule has 1 amide bonds. The zero-order chi connectivity index (χ0) is 38.5. The number of aromatic nitrogens is 5. The topological polar surface area (TPSA) is 150 Å². The molecular weight excluding hydrogens is 722 g/mol. The van der Waals surface area contributed by atoms with Crippen LogP contribution in [-0.4, -0.2) is 51.7 Å². The van der Waals surface area contributed by atoms with Crippen LogP contribution in [0.3, 0.4) is 0 Å². The highest BCUT2D eigenvalue weighted by atomic mass is 32.2. The summed E-state index contributed by atoms with van der Waals surface area (Å²) in [5.74, 6) is 0.0812. The van der Waals surface area contributed by atoms with Gasteiger partial charge in [0.1, 0.15) is 23.3 Å². The minimum absolute atomic E-state index is 0.0958. The molecule has 7 rings (SSSR count). The number of hydrogen-bond donors (Lipinski definition) is 2. The first-order chi connectivity index (χ1) is 26.6. The van der Waals surface area contributed by atoms with Crippen molar-refractivity contribution in [1.82, 2.24) is 24.5 Å². The number of aryl methyl sites for hydroxylation is 2. The highest BCUT2D eigenvalue weighted by molar-refractivity contribution is 7.91. The van der Waals surface area contributed by atoms with Crippen molar-refractivity contribution in [3.8, 4) is 34.5 Å². The van der Waals surface area contributed by atoms with E-state index in [1.54, 1.807) is 78.5 Å². The molecule has 0 fully saturated rings. The molecule has 0 aliphatic carbocycles. The number of carbonyl (C=O) groups excluding carboxylic acids is 1. The lowest BCUT2D eigenvalue weighted by Crippen LogP contribution is -2.17. The maximum Gasteiger partial charge on any atom is 0.322 e. The molecule has 0 saturated heterocycles. The second-order valence-electron chi connectivity index (χ2n) is 12.6. The summed E-state index contributed by atoms with van der Waals surface area (Å²) in [6, 6.07) is 29.0. The quantitative estimate of drug-likeness (QED) is 0.119. The van der Waals surface area contributed by atoms with Gasteiger partial charge in [0.15, 0.2) is 21.5 Å². The van der Waals surface area contributed by atoms with E-state index in [0.29, 0.717) is 46.0 Å². The molecule has 278 valence electrons. The van der Waals surface area contributed by atoms with E-state index in [0.717, 1.165) is 16.9 Å². The van der Waals surface area contributed by atoms with Gasteiger partial charge < -0.3 is 24.7 Å². The summed E-state index contributed by atoms with van der Waals surface area (Å²) in [6.07, 6.45) is 2.81. The summed E-state index contributed by atoms with van der Waals surface area (Å²) in [5.41, 5.74) is 5.63. The maximum atomic E-state index is 16.4. The van der Waals surface area contributed by atoms with Gasteiger partial charge >= 0.3 is 6.01 Å². The summed E-state index contributed by atoms with van der Waals surface area (Å²) in [5, 5.41) is 6.19. The van der Waals surface area contributed by atoms with Crippen molar-refractivity contribution in [1.29, 1.82) is 0 Å². The van der Waals surface area contributed by atoms with Gasteiger partial charge in [-0.3, -0.25) is 4.79 Å². The zero-order valence-corrected chi connectivity index (χ0v) is 31.0. The summed E-state index contributed by atoms with van der Waals surface area (Å²) >= 11 is 0. The van der Waals surface area contributed by atoms with Gasteiger partial charge in [0.2, 0.25) is 5.91 Å². The fraction of sp³-hybridized carbons (Fsp3) is 0.146. The predicted octanol–water partition coefficient (Wildman–Crippen LogP) is 7.85. The number of methoxy groups -OCH3 is 1. The molecule has 12 nitrogen and oxygen atoms in total. The number of halogens is 1. The van der Waals surface area contributed by atoms with Gasteiger partial charge in [-0.1, -0.05) is 42.5 Å². The number of nitrogens with zero attached hydrogens (tertiary/aromatic N) is 5. The first-order valence-corrected chi connectivity index (χ1v) is 18.9. The van der Waals surface area contributed by atoms with E-state index in [9.17, 15) is 13.2 Å². The second kappa shape index (κ2) is 15.7. The third-order valence-electron chi connectivity index (χ3n) is 8.88. The lowest BCUT2D eigenvalue weighted by molar-refractivity contribution is -0.115. The van der Waals surface area contributed by atoms with Crippen LogP contribution >= 0.6 is 0 Å². The Kier molecular flexibility index (Phi) is 10.5. The van der Waals surface area contributed by atoms with Crippen LogP contribution in [0.5, 0.6) is 17.5 Å². The SMILES string of the molecule is COc1ccc(CNc2ncnc3c(C)c(-c4ccc(NC(=O)CCS(=O)(=O)c5ccccc5)cc4)n(-c4ccc(Oc5nccc(C)n5)cc4F)c23)cc1. The molecule has 0 bridgehead atoms. The largest absolute Gasteiger partial charge is 0.497 e. The van der Waals surface area contributed by atoms with Gasteiger partial charge in [0, 0.05) is 42.2 Å². The fourth-order valence-electron chi connectivity index (χ4n) is 6.12. The fourth-order valence-corrected chi connectivity index (χ4v) is 7.38. The van der Waals surface area contributed by atoms with E-state index in [4.69, 9.17) is 9.47 Å². The number of anilines is 2. The van der Waals surface area contributed by atoms with Crippen LogP contribution < -0.4 is 20.1 Å². The average molecular weight is 758 g/mol. The lowest BCUT2D eigenvalue weighted by atomic mass is 10.1. The van der Waals surface area contributed by atoms with Crippen molar-refractivity contribution in [3.05, 3.63) is 138 Å². The number of ether oxygens (including phenoxy) is 2. The van der Waals surface area contributed by atoms with E-state index in [2.05, 4.69) is 30.6 Å². The molecule has 0 spiro atoms. The van der Waals surface area contributed by atoms with Crippen LogP contribution in [0.4, 0.5) is 15.9 Å². The van der Waals surface area contributed by atoms with Crippen molar-refractivity contribution >= 4 is 38.3 Å². The second-order valence-corrected chi connectivity index (χ2v) is 14.7. The molecule has 14 heteroatoms. The summed E-state index contributed by atoms with van der Waals surface area (Å²) in [6.45, 7) is 4.13. The van der Waals surface area contributed by atoms with E-state index < -0.39 is 21.6 Å². The first kappa shape index (κ1) is 36.7. The maximum absolute atomic E-state index is 16.4. The van der Waals surface area contributed by atoms with Gasteiger partial charge in [-0.05, 0) is 79.6 Å².